The van der Waals surface area contributed by atoms with E-state index in [1.165, 1.54) is 30.8 Å². The minimum absolute atomic E-state index is 0.358. The van der Waals surface area contributed by atoms with Gasteiger partial charge in [0, 0.05) is 29.4 Å². The van der Waals surface area contributed by atoms with Gasteiger partial charge in [-0.05, 0) is 13.0 Å². The van der Waals surface area contributed by atoms with Crippen LogP contribution in [0.2, 0.25) is 0 Å². The highest BCUT2D eigenvalue weighted by Crippen LogP contribution is 2.23. The molecule has 0 saturated heterocycles. The normalized spacial score (nSPS) is 10.2. The zero-order valence-corrected chi connectivity index (χ0v) is 9.64. The van der Waals surface area contributed by atoms with Gasteiger partial charge >= 0.3 is 0 Å². The molecule has 1 aromatic carbocycles. The number of methoxy groups -OCH3 is 1. The van der Waals surface area contributed by atoms with Crippen LogP contribution in [0.25, 0.3) is 0 Å². The van der Waals surface area contributed by atoms with Crippen molar-refractivity contribution in [1.82, 2.24) is 9.36 Å². The molecule has 0 bridgehead atoms. The van der Waals surface area contributed by atoms with E-state index in [1.807, 2.05) is 0 Å². The second kappa shape index (κ2) is 4.44. The van der Waals surface area contributed by atoms with Gasteiger partial charge < -0.3 is 10.1 Å². The highest BCUT2D eigenvalue weighted by Gasteiger charge is 2.04. The van der Waals surface area contributed by atoms with E-state index in [1.54, 1.807) is 13.0 Å². The number of ether oxygens (including phenoxy) is 1. The Kier molecular flexibility index (Phi) is 3.00. The molecule has 84 valence electrons. The molecule has 0 unspecified atom stereocenters. The lowest BCUT2D eigenvalue weighted by molar-refractivity contribution is 0.411. The Hall–Kier alpha value is -1.69. The SMILES string of the molecule is COc1cc(F)cc(Nc2nc(C)ns2)c1. The molecular weight excluding hydrogens is 229 g/mol. The number of aromatic nitrogens is 2. The van der Waals surface area contributed by atoms with Crippen molar-refractivity contribution in [1.29, 1.82) is 0 Å². The van der Waals surface area contributed by atoms with E-state index >= 15 is 0 Å². The molecular formula is C10H10FN3OS. The van der Waals surface area contributed by atoms with Gasteiger partial charge in [0.25, 0.3) is 0 Å². The maximum atomic E-state index is 13.2. The van der Waals surface area contributed by atoms with E-state index in [4.69, 9.17) is 4.74 Å². The van der Waals surface area contributed by atoms with Gasteiger partial charge in [0.05, 0.1) is 7.11 Å². The van der Waals surface area contributed by atoms with E-state index in [0.717, 1.165) is 0 Å². The number of nitrogens with one attached hydrogen (secondary N) is 1. The Balaban J connectivity index is 2.24. The molecule has 1 heterocycles. The molecule has 0 aliphatic carbocycles. The van der Waals surface area contributed by atoms with Crippen molar-refractivity contribution in [2.45, 2.75) is 6.92 Å². The molecule has 0 saturated carbocycles. The van der Waals surface area contributed by atoms with E-state index in [2.05, 4.69) is 14.7 Å². The topological polar surface area (TPSA) is 47.0 Å². The smallest absolute Gasteiger partial charge is 0.207 e. The van der Waals surface area contributed by atoms with Crippen LogP contribution in [0.15, 0.2) is 18.2 Å². The first-order valence-electron chi connectivity index (χ1n) is 4.59. The van der Waals surface area contributed by atoms with E-state index < -0.39 is 0 Å². The van der Waals surface area contributed by atoms with E-state index in [0.29, 0.717) is 22.4 Å². The van der Waals surface area contributed by atoms with Crippen LogP contribution in [0.5, 0.6) is 5.75 Å². The number of nitrogens with zero attached hydrogens (tertiary/aromatic N) is 2. The number of aryl methyl sites for hydroxylation is 1. The van der Waals surface area contributed by atoms with E-state index in [9.17, 15) is 4.39 Å². The highest BCUT2D eigenvalue weighted by atomic mass is 32.1. The molecule has 4 nitrogen and oxygen atoms in total. The number of anilines is 2. The quantitative estimate of drug-likeness (QED) is 0.894. The number of halogens is 1. The standard InChI is InChI=1S/C10H10FN3OS/c1-6-12-10(16-14-6)13-8-3-7(11)4-9(5-8)15-2/h3-5H,1-2H3,(H,12,13,14). The maximum absolute atomic E-state index is 13.2. The molecule has 6 heteroatoms. The molecule has 16 heavy (non-hydrogen) atoms. The average Bonchev–Trinajstić information content (AvgIpc) is 2.63. The van der Waals surface area contributed by atoms with Crippen molar-refractivity contribution in [3.05, 3.63) is 29.8 Å². The Labute approximate surface area is 96.3 Å². The van der Waals surface area contributed by atoms with Crippen LogP contribution in [-0.4, -0.2) is 16.5 Å². The number of hydrogen-bond donors (Lipinski definition) is 1. The van der Waals surface area contributed by atoms with E-state index in [-0.39, 0.29) is 5.82 Å². The minimum atomic E-state index is -0.358. The fraction of sp³-hybridized carbons (Fsp3) is 0.200. The van der Waals surface area contributed by atoms with Gasteiger partial charge in [-0.3, -0.25) is 0 Å². The zero-order chi connectivity index (χ0) is 11.5. The number of rotatable bonds is 3. The van der Waals surface area contributed by atoms with Crippen molar-refractivity contribution >= 4 is 22.4 Å². The summed E-state index contributed by atoms with van der Waals surface area (Å²) < 4.78 is 22.2. The summed E-state index contributed by atoms with van der Waals surface area (Å²) in [6.07, 6.45) is 0. The monoisotopic (exact) mass is 239 g/mol. The van der Waals surface area contributed by atoms with Crippen molar-refractivity contribution in [2.24, 2.45) is 0 Å². The molecule has 0 fully saturated rings. The summed E-state index contributed by atoms with van der Waals surface area (Å²) >= 11 is 1.23. The van der Waals surface area contributed by atoms with Crippen molar-refractivity contribution < 1.29 is 9.13 Å². The first-order valence-corrected chi connectivity index (χ1v) is 5.36. The van der Waals surface area contributed by atoms with Crippen LogP contribution in [0.1, 0.15) is 5.82 Å². The summed E-state index contributed by atoms with van der Waals surface area (Å²) in [5, 5.41) is 3.59. The molecule has 0 amide bonds. The van der Waals surface area contributed by atoms with Crippen LogP contribution >= 0.6 is 11.5 Å². The van der Waals surface area contributed by atoms with Gasteiger partial charge in [-0.25, -0.2) is 9.37 Å². The second-order valence-corrected chi connectivity index (χ2v) is 3.90. The summed E-state index contributed by atoms with van der Waals surface area (Å²) in [7, 11) is 1.49. The van der Waals surface area contributed by atoms with Gasteiger partial charge in [0.2, 0.25) is 5.13 Å². The predicted molar refractivity (Wildman–Crippen MR) is 60.9 cm³/mol. The third-order valence-corrected chi connectivity index (χ3v) is 2.61. The number of benzene rings is 1. The summed E-state index contributed by atoms with van der Waals surface area (Å²) in [4.78, 5) is 4.12. The lowest BCUT2D eigenvalue weighted by atomic mass is 10.3. The predicted octanol–water partition coefficient (Wildman–Crippen LogP) is 2.74. The molecule has 0 aliphatic heterocycles. The molecule has 2 rings (SSSR count). The number of hydrogen-bond acceptors (Lipinski definition) is 5. The van der Waals surface area contributed by atoms with Gasteiger partial charge in [-0.1, -0.05) is 0 Å². The lowest BCUT2D eigenvalue weighted by Crippen LogP contribution is -1.92. The highest BCUT2D eigenvalue weighted by molar-refractivity contribution is 7.09. The first-order chi connectivity index (χ1) is 7.67. The van der Waals surface area contributed by atoms with Gasteiger partial charge in [-0.2, -0.15) is 4.37 Å². The lowest BCUT2D eigenvalue weighted by Gasteiger charge is -2.05. The van der Waals surface area contributed by atoms with Crippen molar-refractivity contribution in [3.63, 3.8) is 0 Å². The molecule has 0 spiro atoms. The molecule has 1 aromatic heterocycles. The summed E-state index contributed by atoms with van der Waals surface area (Å²) in [6, 6.07) is 4.38. The third-order valence-electron chi connectivity index (χ3n) is 1.89. The maximum Gasteiger partial charge on any atom is 0.207 e. The van der Waals surface area contributed by atoms with Gasteiger partial charge in [0.1, 0.15) is 17.4 Å². The van der Waals surface area contributed by atoms with Crippen LogP contribution in [0, 0.1) is 12.7 Å². The fourth-order valence-electron chi connectivity index (χ4n) is 1.22. The van der Waals surface area contributed by atoms with Crippen molar-refractivity contribution in [3.8, 4) is 5.75 Å². The largest absolute Gasteiger partial charge is 0.497 e. The Bertz CT molecular complexity index is 501. The van der Waals surface area contributed by atoms with Crippen LogP contribution in [0.3, 0.4) is 0 Å². The Morgan fingerprint density at radius 2 is 2.19 bits per heavy atom. The Morgan fingerprint density at radius 1 is 1.38 bits per heavy atom. The van der Waals surface area contributed by atoms with Gasteiger partial charge in [-0.15, -0.1) is 0 Å². The molecule has 0 radical (unpaired) electrons. The van der Waals surface area contributed by atoms with Crippen molar-refractivity contribution in [2.75, 3.05) is 12.4 Å². The van der Waals surface area contributed by atoms with Gasteiger partial charge in [0.15, 0.2) is 0 Å². The minimum Gasteiger partial charge on any atom is -0.497 e. The average molecular weight is 239 g/mol. The summed E-state index contributed by atoms with van der Waals surface area (Å²) in [6.45, 7) is 1.80. The first kappa shape index (κ1) is 10.8. The summed E-state index contributed by atoms with van der Waals surface area (Å²) in [5.41, 5.74) is 0.591. The molecule has 2 aromatic rings. The zero-order valence-electron chi connectivity index (χ0n) is 8.82. The Morgan fingerprint density at radius 3 is 2.81 bits per heavy atom. The fourth-order valence-corrected chi connectivity index (χ4v) is 1.82. The van der Waals surface area contributed by atoms with Crippen LogP contribution in [0.4, 0.5) is 15.2 Å². The molecule has 1 N–H and O–H groups in total. The second-order valence-electron chi connectivity index (χ2n) is 3.15. The molecule has 0 aliphatic rings. The summed E-state index contributed by atoms with van der Waals surface area (Å²) in [5.74, 6) is 0.794. The third kappa shape index (κ3) is 2.46. The molecule has 0 atom stereocenters. The van der Waals surface area contributed by atoms with Crippen LogP contribution in [-0.2, 0) is 0 Å². The van der Waals surface area contributed by atoms with Crippen LogP contribution < -0.4 is 10.1 Å².